The summed E-state index contributed by atoms with van der Waals surface area (Å²) in [4.78, 5) is 26.0. The molecule has 0 saturated carbocycles. The van der Waals surface area contributed by atoms with Crippen molar-refractivity contribution in [1.29, 1.82) is 0 Å². The van der Waals surface area contributed by atoms with Crippen LogP contribution in [0.25, 0.3) is 22.7 Å². The molecule has 0 spiro atoms. The Morgan fingerprint density at radius 2 is 1.88 bits per heavy atom. The molecule has 3 aromatic heterocycles. The number of hydrogen-bond donors (Lipinski definition) is 0. The molecular formula is C20H20N4OS. The molecule has 6 heteroatoms. The first-order chi connectivity index (χ1) is 12.5. The van der Waals surface area contributed by atoms with Crippen LogP contribution in [0, 0.1) is 6.92 Å². The molecule has 0 saturated heterocycles. The van der Waals surface area contributed by atoms with Gasteiger partial charge in [0.25, 0.3) is 0 Å². The number of aryl methyl sites for hydroxylation is 1. The maximum atomic E-state index is 12.1. The van der Waals surface area contributed by atoms with Crippen molar-refractivity contribution in [3.8, 4) is 10.6 Å². The minimum absolute atomic E-state index is 0.0819. The molecule has 0 fully saturated rings. The first-order valence-electron chi connectivity index (χ1n) is 8.35. The number of ketones is 1. The second kappa shape index (κ2) is 8.01. The topological polar surface area (TPSA) is 60.7 Å². The zero-order valence-electron chi connectivity index (χ0n) is 15.0. The van der Waals surface area contributed by atoms with Gasteiger partial charge in [-0.1, -0.05) is 0 Å². The molecule has 26 heavy (non-hydrogen) atoms. The fraction of sp³-hybridized carbons (Fsp3) is 0.200. The Morgan fingerprint density at radius 3 is 2.62 bits per heavy atom. The fourth-order valence-electron chi connectivity index (χ4n) is 2.44. The maximum absolute atomic E-state index is 12.1. The van der Waals surface area contributed by atoms with Gasteiger partial charge in [-0.25, -0.2) is 9.97 Å². The number of rotatable bonds is 6. The number of carbonyl (C=O) groups excluding carboxylic acids is 1. The van der Waals surface area contributed by atoms with Crippen molar-refractivity contribution in [2.45, 2.75) is 26.8 Å². The van der Waals surface area contributed by atoms with Crippen LogP contribution < -0.4 is 0 Å². The summed E-state index contributed by atoms with van der Waals surface area (Å²) in [7, 11) is 0. The normalized spacial score (nSPS) is 11.8. The molecule has 0 aliphatic heterocycles. The van der Waals surface area contributed by atoms with E-state index in [1.165, 1.54) is 6.08 Å². The number of allylic oxidation sites excluding steroid dienone is 2. The summed E-state index contributed by atoms with van der Waals surface area (Å²) < 4.78 is 2.02. The lowest BCUT2D eigenvalue weighted by molar-refractivity contribution is -0.110. The Morgan fingerprint density at radius 1 is 1.15 bits per heavy atom. The van der Waals surface area contributed by atoms with E-state index < -0.39 is 0 Å². The summed E-state index contributed by atoms with van der Waals surface area (Å²) >= 11 is 1.56. The number of hydrogen-bond acceptors (Lipinski definition) is 5. The molecule has 0 aliphatic carbocycles. The van der Waals surface area contributed by atoms with E-state index in [9.17, 15) is 4.79 Å². The summed E-state index contributed by atoms with van der Waals surface area (Å²) in [6, 6.07) is 4.15. The third-order valence-electron chi connectivity index (χ3n) is 3.81. The number of imidazole rings is 1. The zero-order chi connectivity index (χ0) is 18.5. The molecular weight excluding hydrogens is 344 g/mol. The van der Waals surface area contributed by atoms with Crippen LogP contribution in [-0.2, 0) is 4.79 Å². The van der Waals surface area contributed by atoms with Crippen LogP contribution in [0.15, 0.2) is 49.1 Å². The number of aromatic nitrogens is 4. The third kappa shape index (κ3) is 4.21. The highest BCUT2D eigenvalue weighted by Crippen LogP contribution is 2.28. The smallest absolute Gasteiger partial charge is 0.178 e. The van der Waals surface area contributed by atoms with E-state index in [0.717, 1.165) is 27.0 Å². The predicted molar refractivity (Wildman–Crippen MR) is 106 cm³/mol. The van der Waals surface area contributed by atoms with E-state index in [1.54, 1.807) is 42.1 Å². The average Bonchev–Trinajstić information content (AvgIpc) is 3.25. The van der Waals surface area contributed by atoms with Gasteiger partial charge in [-0.15, -0.1) is 11.3 Å². The van der Waals surface area contributed by atoms with Gasteiger partial charge in [-0.05, 0) is 57.2 Å². The van der Waals surface area contributed by atoms with Gasteiger partial charge in [-0.2, -0.15) is 0 Å². The summed E-state index contributed by atoms with van der Waals surface area (Å²) in [5, 5.41) is 0.923. The maximum Gasteiger partial charge on any atom is 0.178 e. The van der Waals surface area contributed by atoms with E-state index in [-0.39, 0.29) is 5.78 Å². The van der Waals surface area contributed by atoms with Crippen molar-refractivity contribution in [2.24, 2.45) is 0 Å². The van der Waals surface area contributed by atoms with E-state index in [1.807, 2.05) is 35.9 Å². The molecule has 0 bridgehead atoms. The minimum atomic E-state index is -0.0819. The first kappa shape index (κ1) is 17.9. The molecule has 3 aromatic rings. The molecule has 0 atom stereocenters. The van der Waals surface area contributed by atoms with Crippen LogP contribution in [0.1, 0.15) is 36.3 Å². The molecule has 3 heterocycles. The van der Waals surface area contributed by atoms with E-state index in [2.05, 4.69) is 28.8 Å². The standard InChI is InChI=1S/C20H20N4OS/c1-14(2)24-13-12-22-19(24)7-5-17(25)4-6-18-15(3)23-20(26-18)16-8-10-21-11-9-16/h4-14H,1-3H3/b6-4+,7-5+. The molecule has 0 aromatic carbocycles. The van der Waals surface area contributed by atoms with Crippen LogP contribution in [0.3, 0.4) is 0 Å². The first-order valence-corrected chi connectivity index (χ1v) is 9.17. The molecule has 0 aliphatic rings. The monoisotopic (exact) mass is 364 g/mol. The van der Waals surface area contributed by atoms with Crippen molar-refractivity contribution in [3.05, 3.63) is 65.5 Å². The molecule has 3 rings (SSSR count). The fourth-order valence-corrected chi connectivity index (χ4v) is 3.42. The minimum Gasteiger partial charge on any atom is -0.329 e. The Balaban J connectivity index is 1.72. The average molecular weight is 364 g/mol. The van der Waals surface area contributed by atoms with Gasteiger partial charge < -0.3 is 4.57 Å². The van der Waals surface area contributed by atoms with Gasteiger partial charge in [0.1, 0.15) is 10.8 Å². The van der Waals surface area contributed by atoms with Crippen molar-refractivity contribution in [2.75, 3.05) is 0 Å². The van der Waals surface area contributed by atoms with Crippen LogP contribution in [-0.4, -0.2) is 25.3 Å². The van der Waals surface area contributed by atoms with Crippen molar-refractivity contribution < 1.29 is 4.79 Å². The number of nitrogens with zero attached hydrogens (tertiary/aromatic N) is 4. The predicted octanol–water partition coefficient (Wildman–Crippen LogP) is 4.59. The number of carbonyl (C=O) groups is 1. The molecule has 132 valence electrons. The van der Waals surface area contributed by atoms with Gasteiger partial charge in [-0.3, -0.25) is 9.78 Å². The summed E-state index contributed by atoms with van der Waals surface area (Å²) in [5.74, 6) is 0.692. The lowest BCUT2D eigenvalue weighted by Gasteiger charge is -2.07. The van der Waals surface area contributed by atoms with Crippen molar-refractivity contribution in [3.63, 3.8) is 0 Å². The van der Waals surface area contributed by atoms with E-state index in [0.29, 0.717) is 6.04 Å². The van der Waals surface area contributed by atoms with Crippen LogP contribution in [0.5, 0.6) is 0 Å². The zero-order valence-corrected chi connectivity index (χ0v) is 15.8. The third-order valence-corrected chi connectivity index (χ3v) is 4.98. The lowest BCUT2D eigenvalue weighted by Crippen LogP contribution is -2.01. The molecule has 0 radical (unpaired) electrons. The highest BCUT2D eigenvalue weighted by Gasteiger charge is 2.07. The SMILES string of the molecule is Cc1nc(-c2ccncc2)sc1/C=C/C(=O)/C=C/c1nccn1C(C)C. The van der Waals surface area contributed by atoms with Crippen molar-refractivity contribution in [1.82, 2.24) is 19.5 Å². The summed E-state index contributed by atoms with van der Waals surface area (Å²) in [5.41, 5.74) is 1.93. The number of pyridine rings is 1. The highest BCUT2D eigenvalue weighted by atomic mass is 32.1. The van der Waals surface area contributed by atoms with Crippen molar-refractivity contribution >= 4 is 29.3 Å². The van der Waals surface area contributed by atoms with Gasteiger partial charge in [0, 0.05) is 36.4 Å². The Hall–Kier alpha value is -2.86. The van der Waals surface area contributed by atoms with Crippen LogP contribution >= 0.6 is 11.3 Å². The molecule has 0 amide bonds. The van der Waals surface area contributed by atoms with E-state index in [4.69, 9.17) is 0 Å². The Kier molecular flexibility index (Phi) is 5.53. The number of thiazole rings is 1. The summed E-state index contributed by atoms with van der Waals surface area (Å²) in [6.07, 6.45) is 13.8. The lowest BCUT2D eigenvalue weighted by atomic mass is 10.2. The van der Waals surface area contributed by atoms with Crippen LogP contribution in [0.4, 0.5) is 0 Å². The largest absolute Gasteiger partial charge is 0.329 e. The van der Waals surface area contributed by atoms with Gasteiger partial charge in [0.15, 0.2) is 5.78 Å². The van der Waals surface area contributed by atoms with Gasteiger partial charge >= 0.3 is 0 Å². The summed E-state index contributed by atoms with van der Waals surface area (Å²) in [6.45, 7) is 6.10. The molecule has 0 unspecified atom stereocenters. The molecule has 5 nitrogen and oxygen atoms in total. The second-order valence-corrected chi connectivity index (χ2v) is 7.09. The quantitative estimate of drug-likeness (QED) is 0.600. The highest BCUT2D eigenvalue weighted by molar-refractivity contribution is 7.16. The molecule has 0 N–H and O–H groups in total. The van der Waals surface area contributed by atoms with Gasteiger partial charge in [0.2, 0.25) is 0 Å². The Labute approximate surface area is 156 Å². The van der Waals surface area contributed by atoms with E-state index >= 15 is 0 Å². The van der Waals surface area contributed by atoms with Gasteiger partial charge in [0.05, 0.1) is 10.6 Å². The van der Waals surface area contributed by atoms with Crippen LogP contribution in [0.2, 0.25) is 0 Å². The second-order valence-electron chi connectivity index (χ2n) is 6.06. The Bertz CT molecular complexity index is 951.